The quantitative estimate of drug-likeness (QED) is 0.325. The first-order chi connectivity index (χ1) is 13.0. The van der Waals surface area contributed by atoms with Crippen LogP contribution < -0.4 is 4.74 Å². The van der Waals surface area contributed by atoms with E-state index in [9.17, 15) is 0 Å². The van der Waals surface area contributed by atoms with Crippen LogP contribution in [0.15, 0.2) is 36.4 Å². The second-order valence-corrected chi connectivity index (χ2v) is 14.2. The Morgan fingerprint density at radius 1 is 0.926 bits per heavy atom. The maximum absolute atomic E-state index is 5.95. The normalized spacial score (nSPS) is 16.0. The number of hydrogen-bond acceptors (Lipinski definition) is 4. The lowest BCUT2D eigenvalue weighted by Crippen LogP contribution is -2.29. The molecule has 1 aliphatic heterocycles. The molecule has 0 aromatic heterocycles. The summed E-state index contributed by atoms with van der Waals surface area (Å²) in [5, 5.41) is 4.49. The second kappa shape index (κ2) is 9.69. The Hall–Kier alpha value is -1.40. The highest BCUT2D eigenvalue weighted by Gasteiger charge is 2.12. The van der Waals surface area contributed by atoms with Crippen LogP contribution in [0, 0.1) is 0 Å². The van der Waals surface area contributed by atoms with Crippen molar-refractivity contribution in [1.82, 2.24) is 5.06 Å². The minimum absolute atomic E-state index is 0.313. The molecule has 1 saturated heterocycles. The van der Waals surface area contributed by atoms with E-state index in [2.05, 4.69) is 55.0 Å². The molecule has 0 amide bonds. The SMILES string of the molecule is C[Si](C)(C)CCOCOc1ccc2ccc(CON3CCCCC3)cc2c1. The van der Waals surface area contributed by atoms with Crippen LogP contribution in [0.25, 0.3) is 10.8 Å². The third-order valence-electron chi connectivity index (χ3n) is 4.91. The summed E-state index contributed by atoms with van der Waals surface area (Å²) >= 11 is 0. The summed E-state index contributed by atoms with van der Waals surface area (Å²) in [6.07, 6.45) is 3.79. The Morgan fingerprint density at radius 3 is 2.48 bits per heavy atom. The number of benzene rings is 2. The van der Waals surface area contributed by atoms with Gasteiger partial charge >= 0.3 is 0 Å². The molecule has 0 aliphatic carbocycles. The summed E-state index contributed by atoms with van der Waals surface area (Å²) in [7, 11) is -1.05. The minimum Gasteiger partial charge on any atom is -0.468 e. The van der Waals surface area contributed by atoms with Gasteiger partial charge in [0.2, 0.25) is 0 Å². The molecule has 0 bridgehead atoms. The van der Waals surface area contributed by atoms with Crippen LogP contribution >= 0.6 is 0 Å². The second-order valence-electron chi connectivity index (χ2n) is 8.59. The highest BCUT2D eigenvalue weighted by Crippen LogP contribution is 2.23. The highest BCUT2D eigenvalue weighted by atomic mass is 28.3. The fraction of sp³-hybridized carbons (Fsp3) is 0.545. The lowest BCUT2D eigenvalue weighted by atomic mass is 10.1. The fourth-order valence-corrected chi connectivity index (χ4v) is 3.92. The van der Waals surface area contributed by atoms with Gasteiger partial charge in [-0.25, -0.2) is 0 Å². The van der Waals surface area contributed by atoms with Crippen molar-refractivity contribution < 1.29 is 14.3 Å². The van der Waals surface area contributed by atoms with Crippen molar-refractivity contribution >= 4 is 18.8 Å². The van der Waals surface area contributed by atoms with Crippen molar-refractivity contribution in [2.45, 2.75) is 51.6 Å². The van der Waals surface area contributed by atoms with Crippen LogP contribution in [0.5, 0.6) is 5.75 Å². The molecule has 5 heteroatoms. The summed E-state index contributed by atoms with van der Waals surface area (Å²) in [4.78, 5) is 5.95. The van der Waals surface area contributed by atoms with E-state index < -0.39 is 8.07 Å². The van der Waals surface area contributed by atoms with Crippen molar-refractivity contribution in [2.24, 2.45) is 0 Å². The molecule has 1 heterocycles. The molecule has 0 atom stereocenters. The van der Waals surface area contributed by atoms with Gasteiger partial charge in [-0.2, -0.15) is 5.06 Å². The number of ether oxygens (including phenoxy) is 2. The number of piperidine rings is 1. The van der Waals surface area contributed by atoms with E-state index in [4.69, 9.17) is 14.3 Å². The molecule has 0 unspecified atom stereocenters. The first-order valence-corrected chi connectivity index (χ1v) is 13.8. The first kappa shape index (κ1) is 20.3. The lowest BCUT2D eigenvalue weighted by molar-refractivity contribution is -0.178. The molecule has 1 aliphatic rings. The smallest absolute Gasteiger partial charge is 0.189 e. The molecule has 0 spiro atoms. The highest BCUT2D eigenvalue weighted by molar-refractivity contribution is 6.76. The van der Waals surface area contributed by atoms with Crippen LogP contribution in [-0.2, 0) is 16.2 Å². The van der Waals surface area contributed by atoms with E-state index in [-0.39, 0.29) is 0 Å². The monoisotopic (exact) mass is 387 g/mol. The maximum atomic E-state index is 5.95. The summed E-state index contributed by atoms with van der Waals surface area (Å²) in [5.41, 5.74) is 1.19. The summed E-state index contributed by atoms with van der Waals surface area (Å²) < 4.78 is 11.4. The van der Waals surface area contributed by atoms with Gasteiger partial charge in [0.15, 0.2) is 6.79 Å². The van der Waals surface area contributed by atoms with Crippen LogP contribution in [0.1, 0.15) is 24.8 Å². The van der Waals surface area contributed by atoms with Gasteiger partial charge in [0.1, 0.15) is 5.75 Å². The Balaban J connectivity index is 1.52. The third-order valence-corrected chi connectivity index (χ3v) is 6.61. The van der Waals surface area contributed by atoms with E-state index in [0.29, 0.717) is 13.4 Å². The number of hydrogen-bond donors (Lipinski definition) is 0. The molecule has 4 nitrogen and oxygen atoms in total. The van der Waals surface area contributed by atoms with E-state index >= 15 is 0 Å². The molecule has 2 aromatic rings. The van der Waals surface area contributed by atoms with E-state index in [1.54, 1.807) is 0 Å². The van der Waals surface area contributed by atoms with E-state index in [1.165, 1.54) is 35.6 Å². The molecule has 148 valence electrons. The number of hydroxylamine groups is 2. The zero-order valence-electron chi connectivity index (χ0n) is 17.0. The third kappa shape index (κ3) is 6.92. The zero-order valence-corrected chi connectivity index (χ0v) is 18.0. The van der Waals surface area contributed by atoms with Crippen molar-refractivity contribution in [2.75, 3.05) is 26.5 Å². The molecule has 0 saturated carbocycles. The summed E-state index contributed by atoms with van der Waals surface area (Å²) in [5.74, 6) is 0.851. The number of rotatable bonds is 9. The standard InChI is InChI=1S/C22H33NO3Si/c1-27(2,3)14-13-24-18-25-22-10-9-20-8-7-19(15-21(20)16-22)17-26-23-11-5-4-6-12-23/h7-10,15-16H,4-6,11-14,17-18H2,1-3H3. The van der Waals surface area contributed by atoms with Crippen LogP contribution in [0.2, 0.25) is 25.7 Å². The van der Waals surface area contributed by atoms with E-state index in [1.807, 2.05) is 6.07 Å². The topological polar surface area (TPSA) is 30.9 Å². The van der Waals surface area contributed by atoms with Gasteiger partial charge in [-0.05, 0) is 53.4 Å². The van der Waals surface area contributed by atoms with E-state index in [0.717, 1.165) is 31.5 Å². The Kier molecular flexibility index (Phi) is 7.30. The average Bonchev–Trinajstić information content (AvgIpc) is 2.65. The van der Waals surface area contributed by atoms with Gasteiger partial charge in [0.25, 0.3) is 0 Å². The molecule has 0 radical (unpaired) electrons. The first-order valence-electron chi connectivity index (χ1n) is 10.1. The molecular formula is C22H33NO3Si. The van der Waals surface area contributed by atoms with Crippen molar-refractivity contribution in [3.05, 3.63) is 42.0 Å². The minimum atomic E-state index is -1.05. The van der Waals surface area contributed by atoms with Crippen LogP contribution in [0.4, 0.5) is 0 Å². The fourth-order valence-electron chi connectivity index (χ4n) is 3.16. The van der Waals surface area contributed by atoms with Crippen LogP contribution in [0.3, 0.4) is 0 Å². The Bertz CT molecular complexity index is 723. The summed E-state index contributed by atoms with van der Waals surface area (Å²) in [6, 6.07) is 13.8. The predicted molar refractivity (Wildman–Crippen MR) is 114 cm³/mol. The lowest BCUT2D eigenvalue weighted by Gasteiger charge is -2.25. The van der Waals surface area contributed by atoms with Crippen LogP contribution in [-0.4, -0.2) is 39.6 Å². The maximum Gasteiger partial charge on any atom is 0.189 e. The average molecular weight is 388 g/mol. The van der Waals surface area contributed by atoms with Crippen molar-refractivity contribution in [3.63, 3.8) is 0 Å². The Morgan fingerprint density at radius 2 is 1.70 bits per heavy atom. The van der Waals surface area contributed by atoms with Gasteiger partial charge in [0.05, 0.1) is 6.61 Å². The Labute approximate surface area is 164 Å². The van der Waals surface area contributed by atoms with Gasteiger partial charge in [0, 0.05) is 27.8 Å². The molecule has 1 fully saturated rings. The molecular weight excluding hydrogens is 354 g/mol. The molecule has 2 aromatic carbocycles. The number of nitrogens with zero attached hydrogens (tertiary/aromatic N) is 1. The zero-order chi connectivity index (χ0) is 19.1. The van der Waals surface area contributed by atoms with Gasteiger partial charge in [-0.3, -0.25) is 4.84 Å². The van der Waals surface area contributed by atoms with Gasteiger partial charge < -0.3 is 9.47 Å². The van der Waals surface area contributed by atoms with Gasteiger partial charge in [-0.15, -0.1) is 0 Å². The van der Waals surface area contributed by atoms with Crippen molar-refractivity contribution in [3.8, 4) is 5.75 Å². The summed E-state index contributed by atoms with van der Waals surface area (Å²) in [6.45, 7) is 10.9. The molecule has 0 N–H and O–H groups in total. The molecule has 27 heavy (non-hydrogen) atoms. The van der Waals surface area contributed by atoms with Crippen molar-refractivity contribution in [1.29, 1.82) is 0 Å². The predicted octanol–water partition coefficient (Wildman–Crippen LogP) is 5.45. The van der Waals surface area contributed by atoms with Gasteiger partial charge in [-0.1, -0.05) is 44.3 Å². The number of fused-ring (bicyclic) bond motifs is 1. The molecule has 3 rings (SSSR count). The largest absolute Gasteiger partial charge is 0.468 e.